The topological polar surface area (TPSA) is 191 Å². The van der Waals surface area contributed by atoms with E-state index in [2.05, 4.69) is 4.98 Å². The van der Waals surface area contributed by atoms with Crippen LogP contribution in [0, 0.1) is 5.39 Å². The van der Waals surface area contributed by atoms with E-state index in [9.17, 15) is 25.3 Å². The second-order valence-electron chi connectivity index (χ2n) is 3.39. The number of nitrogens with zero attached hydrogens (tertiary/aromatic N) is 2. The number of hydrogen-bond acceptors (Lipinski definition) is 7. The molecule has 0 aromatic heterocycles. The van der Waals surface area contributed by atoms with Crippen LogP contribution in [0.3, 0.4) is 0 Å². The van der Waals surface area contributed by atoms with Crippen molar-refractivity contribution in [1.82, 2.24) is 0 Å². The maximum Gasteiger partial charge on any atom is 0.428 e. The molecule has 0 saturated heterocycles. The third-order valence-electron chi connectivity index (χ3n) is 2.02. The Labute approximate surface area is 135 Å². The molecular formula is C6H4Cl2N2O9S3. The van der Waals surface area contributed by atoms with E-state index in [4.69, 9.17) is 30.7 Å². The van der Waals surface area contributed by atoms with Crippen LogP contribution in [0.15, 0.2) is 20.8 Å². The van der Waals surface area contributed by atoms with Gasteiger partial charge in [-0.15, -0.1) is 0 Å². The predicted octanol–water partition coefficient (Wildman–Crippen LogP) is -2.43. The Hall–Kier alpha value is -1.05. The molecule has 124 valence electrons. The van der Waals surface area contributed by atoms with Crippen LogP contribution in [0.4, 0.5) is 5.69 Å². The minimum atomic E-state index is -5.52. The van der Waals surface area contributed by atoms with E-state index >= 15 is 0 Å². The van der Waals surface area contributed by atoms with Crippen molar-refractivity contribution in [3.63, 3.8) is 0 Å². The lowest BCUT2D eigenvalue weighted by atomic mass is 10.3. The molecule has 0 unspecified atom stereocenters. The zero-order valence-electron chi connectivity index (χ0n) is 9.74. The summed E-state index contributed by atoms with van der Waals surface area (Å²) < 4.78 is 93.4. The van der Waals surface area contributed by atoms with Crippen LogP contribution in [0.25, 0.3) is 4.98 Å². The molecule has 0 radical (unpaired) electrons. The lowest BCUT2D eigenvalue weighted by Gasteiger charge is -2.06. The molecule has 0 aliphatic rings. The summed E-state index contributed by atoms with van der Waals surface area (Å²) in [6.45, 7) is 0. The fourth-order valence-electron chi connectivity index (χ4n) is 1.35. The predicted molar refractivity (Wildman–Crippen MR) is 65.6 cm³/mol. The summed E-state index contributed by atoms with van der Waals surface area (Å²) in [4.78, 5) is -2.63. The molecule has 16 heteroatoms. The normalized spacial score (nSPS) is 12.3. The number of diazo groups is 1. The first-order valence-electron chi connectivity index (χ1n) is 4.35. The van der Waals surface area contributed by atoms with Gasteiger partial charge in [-0.05, 0) is 6.07 Å². The van der Waals surface area contributed by atoms with E-state index in [1.165, 1.54) is 0 Å². The van der Waals surface area contributed by atoms with Crippen molar-refractivity contribution >= 4 is 47.6 Å². The Bertz CT molecular complexity index is 975. The van der Waals surface area contributed by atoms with Crippen molar-refractivity contribution in [3.8, 4) is 0 Å². The third kappa shape index (κ3) is 4.02. The van der Waals surface area contributed by atoms with Gasteiger partial charge < -0.3 is 12.4 Å². The smallest absolute Gasteiger partial charge is 0.428 e. The molecule has 0 bridgehead atoms. The zero-order valence-corrected chi connectivity index (χ0v) is 13.7. The van der Waals surface area contributed by atoms with Gasteiger partial charge in [-0.25, -0.2) is 0 Å². The molecule has 22 heavy (non-hydrogen) atoms. The number of hydrogen-bond donors (Lipinski definition) is 3. The standard InChI is InChI=1S/C6H3ClN2O9S3.ClH/c7-2-1-3(19(10,11)12)4(9-8)6(21(16,17)18)5(2)20(13,14)15;/h1H,(H2-,10,11,12,13,14,15,16,17,18);1H. The molecule has 0 atom stereocenters. The summed E-state index contributed by atoms with van der Waals surface area (Å²) in [6, 6.07) is 0.212. The Morgan fingerprint density at radius 1 is 0.909 bits per heavy atom. The van der Waals surface area contributed by atoms with E-state index in [1.54, 1.807) is 0 Å². The van der Waals surface area contributed by atoms with Crippen LogP contribution < -0.4 is 12.4 Å². The van der Waals surface area contributed by atoms with Gasteiger partial charge in [-0.3, -0.25) is 13.7 Å². The van der Waals surface area contributed by atoms with Crippen molar-refractivity contribution in [2.75, 3.05) is 0 Å². The molecule has 1 aromatic carbocycles. The van der Waals surface area contributed by atoms with Crippen molar-refractivity contribution in [2.45, 2.75) is 14.7 Å². The van der Waals surface area contributed by atoms with Gasteiger partial charge in [0.1, 0.15) is 4.90 Å². The van der Waals surface area contributed by atoms with Crippen molar-refractivity contribution in [1.29, 1.82) is 5.39 Å². The van der Waals surface area contributed by atoms with Crippen molar-refractivity contribution in [3.05, 3.63) is 16.1 Å². The molecule has 11 nitrogen and oxygen atoms in total. The number of rotatable bonds is 3. The van der Waals surface area contributed by atoms with Crippen LogP contribution in [-0.4, -0.2) is 38.9 Å². The first kappa shape index (κ1) is 20.9. The van der Waals surface area contributed by atoms with E-state index in [0.717, 1.165) is 0 Å². The van der Waals surface area contributed by atoms with Crippen molar-refractivity contribution in [2.24, 2.45) is 0 Å². The summed E-state index contributed by atoms with van der Waals surface area (Å²) >= 11 is 5.35. The van der Waals surface area contributed by atoms with E-state index < -0.39 is 55.8 Å². The number of benzene rings is 1. The van der Waals surface area contributed by atoms with Crippen LogP contribution in [0.1, 0.15) is 0 Å². The Morgan fingerprint density at radius 3 is 1.59 bits per heavy atom. The summed E-state index contributed by atoms with van der Waals surface area (Å²) in [7, 11) is -16.1. The molecule has 3 N–H and O–H groups in total. The lowest BCUT2D eigenvalue weighted by Crippen LogP contribution is -3.00. The number of halogens is 2. The highest BCUT2D eigenvalue weighted by molar-refractivity contribution is 7.89. The van der Waals surface area contributed by atoms with E-state index in [0.29, 0.717) is 0 Å². The summed E-state index contributed by atoms with van der Waals surface area (Å²) in [5.41, 5.74) is -1.54. The van der Waals surface area contributed by atoms with Gasteiger partial charge in [-0.1, -0.05) is 11.6 Å². The first-order valence-corrected chi connectivity index (χ1v) is 9.05. The largest absolute Gasteiger partial charge is 1.00 e. The van der Waals surface area contributed by atoms with Gasteiger partial charge in [-0.2, -0.15) is 25.3 Å². The molecule has 0 spiro atoms. The van der Waals surface area contributed by atoms with Gasteiger partial charge in [0.15, 0.2) is 9.87 Å². The molecule has 0 aliphatic carbocycles. The van der Waals surface area contributed by atoms with Crippen LogP contribution in [0.5, 0.6) is 0 Å². The van der Waals surface area contributed by atoms with Gasteiger partial charge in [0.25, 0.3) is 10.1 Å². The summed E-state index contributed by atoms with van der Waals surface area (Å²) in [5, 5.41) is 7.50. The lowest BCUT2D eigenvalue weighted by molar-refractivity contribution is -0.0000167. The monoisotopic (exact) mass is 414 g/mol. The maximum absolute atomic E-state index is 11.2. The fraction of sp³-hybridized carbons (Fsp3) is 0. The molecule has 0 fully saturated rings. The van der Waals surface area contributed by atoms with Crippen LogP contribution >= 0.6 is 11.6 Å². The second-order valence-corrected chi connectivity index (χ2v) is 7.90. The fourth-order valence-corrected chi connectivity index (χ4v) is 4.69. The van der Waals surface area contributed by atoms with Crippen LogP contribution in [0.2, 0.25) is 5.02 Å². The minimum absolute atomic E-state index is 0. The average Bonchev–Trinajstić information content (AvgIpc) is 2.23. The second kappa shape index (κ2) is 6.22. The highest BCUT2D eigenvalue weighted by atomic mass is 35.5. The van der Waals surface area contributed by atoms with Crippen molar-refractivity contribution < 1.29 is 51.3 Å². The van der Waals surface area contributed by atoms with E-state index in [1.807, 2.05) is 0 Å². The summed E-state index contributed by atoms with van der Waals surface area (Å²) in [5.74, 6) is 0. The quantitative estimate of drug-likeness (QED) is 0.353. The maximum atomic E-state index is 11.2. The Morgan fingerprint density at radius 2 is 1.32 bits per heavy atom. The molecule has 0 heterocycles. The molecule has 0 amide bonds. The molecule has 0 aliphatic heterocycles. The van der Waals surface area contributed by atoms with E-state index in [-0.39, 0.29) is 18.5 Å². The Kier molecular flexibility index (Phi) is 5.92. The first-order chi connectivity index (χ1) is 9.21. The van der Waals surface area contributed by atoms with Gasteiger partial charge in [0.2, 0.25) is 10.3 Å². The highest BCUT2D eigenvalue weighted by Crippen LogP contribution is 2.41. The molecular weight excluding hydrogens is 411 g/mol. The SMILES string of the molecule is N#[N+]c1c(S(=O)(=O)O)cc(Cl)c(S(=O)(=O)O)c1S(=O)(=O)O.[Cl-]. The van der Waals surface area contributed by atoms with Gasteiger partial charge in [0, 0.05) is 0 Å². The highest BCUT2D eigenvalue weighted by Gasteiger charge is 2.42. The molecule has 1 aromatic rings. The third-order valence-corrected chi connectivity index (χ3v) is 5.28. The summed E-state index contributed by atoms with van der Waals surface area (Å²) in [6.07, 6.45) is 0. The molecule has 1 rings (SSSR count). The zero-order chi connectivity index (χ0) is 16.8. The average molecular weight is 415 g/mol. The van der Waals surface area contributed by atoms with Gasteiger partial charge in [0.05, 0.1) is 5.02 Å². The minimum Gasteiger partial charge on any atom is -1.00 e. The molecule has 0 saturated carbocycles. The Balaban J connectivity index is 0.00000441. The van der Waals surface area contributed by atoms with Crippen LogP contribution in [-0.2, 0) is 30.4 Å². The van der Waals surface area contributed by atoms with Gasteiger partial charge >= 0.3 is 25.9 Å².